The molecule has 1 N–H and O–H groups in total. The van der Waals surface area contributed by atoms with Crippen molar-refractivity contribution >= 4 is 19.2 Å². The number of phosphoric ester groups is 1. The summed E-state index contributed by atoms with van der Waals surface area (Å²) in [5, 5.41) is 31.1. The lowest BCUT2D eigenvalue weighted by molar-refractivity contribution is -0.423. The minimum atomic E-state index is -4.08. The summed E-state index contributed by atoms with van der Waals surface area (Å²) in [6.45, 7) is 0. The van der Waals surface area contributed by atoms with Gasteiger partial charge in [-0.05, 0) is 0 Å². The van der Waals surface area contributed by atoms with Crippen LogP contribution in [0.1, 0.15) is 0 Å². The molecule has 0 aliphatic carbocycles. The minimum Gasteiger partial charge on any atom is -0.499 e. The molecule has 0 fully saturated rings. The van der Waals surface area contributed by atoms with Crippen molar-refractivity contribution in [1.82, 2.24) is 0 Å². The second kappa shape index (κ2) is 2.82. The van der Waals surface area contributed by atoms with E-state index in [1.807, 2.05) is 0 Å². The molecule has 1 aromatic rings. The largest absolute Gasteiger partial charge is 0.648 e. The average Bonchev–Trinajstić information content (AvgIpc) is 2.75. The van der Waals surface area contributed by atoms with Crippen molar-refractivity contribution in [3.8, 4) is 23.0 Å². The van der Waals surface area contributed by atoms with E-state index in [-0.39, 0.29) is 0 Å². The highest BCUT2D eigenvalue weighted by Crippen LogP contribution is 2.75. The number of benzene rings is 1. The monoisotopic (exact) mass is 276 g/mol. The van der Waals surface area contributed by atoms with Crippen LogP contribution in [-0.4, -0.2) is 15.0 Å². The molecule has 1 atom stereocenters. The molecule has 0 spiro atoms. The fraction of sp³-hybridized carbons (Fsp3) is 0. The standard InChI is InChI=1S/C6HN2O9P/c9-3-1(7(10)11)2(8(12)13)4-6-5(3)16-18(14,15-4)17-6/h9H. The number of nitro groups is 2. The highest BCUT2D eigenvalue weighted by molar-refractivity contribution is 7.50. The number of fused-ring (bicyclic) bond motifs is 1. The number of rotatable bonds is 2. The number of phenols is 1. The molecule has 18 heavy (non-hydrogen) atoms. The number of nitrogens with zero attached hydrogens (tertiary/aromatic N) is 2. The Hall–Kier alpha value is -2.55. The van der Waals surface area contributed by atoms with E-state index in [0.717, 1.165) is 0 Å². The Labute approximate surface area is 96.4 Å². The van der Waals surface area contributed by atoms with E-state index in [0.29, 0.717) is 0 Å². The van der Waals surface area contributed by atoms with Crippen molar-refractivity contribution in [3.63, 3.8) is 0 Å². The average molecular weight is 276 g/mol. The van der Waals surface area contributed by atoms with Gasteiger partial charge in [0.2, 0.25) is 17.2 Å². The maximum atomic E-state index is 11.6. The van der Waals surface area contributed by atoms with Crippen LogP contribution >= 0.6 is 7.82 Å². The molecule has 0 saturated carbocycles. The van der Waals surface area contributed by atoms with Gasteiger partial charge in [0.1, 0.15) is 0 Å². The molecule has 0 amide bonds. The van der Waals surface area contributed by atoms with Gasteiger partial charge in [-0.2, -0.15) is 4.57 Å². The topological polar surface area (TPSA) is 151 Å². The second-order valence-electron chi connectivity index (χ2n) is 3.27. The first-order chi connectivity index (χ1) is 8.34. The molecule has 2 aliphatic rings. The number of hydrogen-bond acceptors (Lipinski definition) is 9. The fourth-order valence-corrected chi connectivity index (χ4v) is 2.92. The first kappa shape index (κ1) is 10.6. The zero-order valence-corrected chi connectivity index (χ0v) is 8.95. The predicted octanol–water partition coefficient (Wildman–Crippen LogP) is 1.48. The van der Waals surface area contributed by atoms with E-state index >= 15 is 0 Å². The third-order valence-corrected chi connectivity index (χ3v) is 3.48. The number of aromatic hydroxyl groups is 1. The Morgan fingerprint density at radius 2 is 1.44 bits per heavy atom. The smallest absolute Gasteiger partial charge is 0.499 e. The van der Waals surface area contributed by atoms with Gasteiger partial charge in [-0.25, -0.2) is 0 Å². The molecular formula is C6HN2O9P. The normalized spacial score (nSPS) is 22.0. The van der Waals surface area contributed by atoms with Gasteiger partial charge in [-0.3, -0.25) is 20.2 Å². The summed E-state index contributed by atoms with van der Waals surface area (Å²) in [6.07, 6.45) is 0. The van der Waals surface area contributed by atoms with Crippen LogP contribution in [0.25, 0.3) is 0 Å². The van der Waals surface area contributed by atoms with Crippen LogP contribution in [0.2, 0.25) is 0 Å². The Bertz CT molecular complexity index is 682. The Balaban J connectivity index is 2.44. The first-order valence-electron chi connectivity index (χ1n) is 4.24. The summed E-state index contributed by atoms with van der Waals surface area (Å²) < 4.78 is 25.3. The van der Waals surface area contributed by atoms with E-state index in [4.69, 9.17) is 0 Å². The lowest BCUT2D eigenvalue weighted by atomic mass is 10.2. The Morgan fingerprint density at radius 1 is 0.944 bits per heavy atom. The van der Waals surface area contributed by atoms with Gasteiger partial charge in [0.25, 0.3) is 5.75 Å². The predicted molar refractivity (Wildman–Crippen MR) is 50.9 cm³/mol. The number of nitro benzene ring substituents is 2. The van der Waals surface area contributed by atoms with E-state index in [9.17, 15) is 29.9 Å². The van der Waals surface area contributed by atoms with Gasteiger partial charge in [-0.1, -0.05) is 0 Å². The summed E-state index contributed by atoms with van der Waals surface area (Å²) in [4.78, 5) is 19.2. The first-order valence-corrected chi connectivity index (χ1v) is 5.70. The molecule has 11 nitrogen and oxygen atoms in total. The third kappa shape index (κ3) is 1.06. The molecule has 2 bridgehead atoms. The Morgan fingerprint density at radius 3 is 1.94 bits per heavy atom. The van der Waals surface area contributed by atoms with Crippen molar-refractivity contribution < 1.29 is 33.1 Å². The van der Waals surface area contributed by atoms with Crippen LogP contribution in [0.4, 0.5) is 11.4 Å². The summed E-state index contributed by atoms with van der Waals surface area (Å²) in [6, 6.07) is 0. The van der Waals surface area contributed by atoms with E-state index in [1.54, 1.807) is 0 Å². The van der Waals surface area contributed by atoms with Crippen LogP contribution < -0.4 is 13.6 Å². The molecule has 12 heteroatoms. The van der Waals surface area contributed by atoms with Crippen LogP contribution in [0.3, 0.4) is 0 Å². The van der Waals surface area contributed by atoms with Crippen LogP contribution in [0.5, 0.6) is 23.0 Å². The van der Waals surface area contributed by atoms with Crippen molar-refractivity contribution in [2.24, 2.45) is 0 Å². The van der Waals surface area contributed by atoms with Gasteiger partial charge >= 0.3 is 19.2 Å². The fourth-order valence-electron chi connectivity index (χ4n) is 1.63. The molecular weight excluding hydrogens is 275 g/mol. The third-order valence-electron chi connectivity index (χ3n) is 2.27. The van der Waals surface area contributed by atoms with E-state index in [2.05, 4.69) is 13.6 Å². The molecule has 0 aromatic heterocycles. The number of hydrogen-bond donors (Lipinski definition) is 1. The maximum absolute atomic E-state index is 11.6. The molecule has 2 aliphatic heterocycles. The highest BCUT2D eigenvalue weighted by atomic mass is 31.2. The molecule has 3 rings (SSSR count). The van der Waals surface area contributed by atoms with Gasteiger partial charge in [0, 0.05) is 0 Å². The zero-order chi connectivity index (χ0) is 13.2. The summed E-state index contributed by atoms with van der Waals surface area (Å²) in [5.41, 5.74) is -2.33. The SMILES string of the molecule is O=[N+]([O-])c1c(O)c2c3c(c1[N+](=O)[O-])OP(=O)(O2)O3. The molecule has 2 heterocycles. The minimum absolute atomic E-state index is 0.465. The van der Waals surface area contributed by atoms with Crippen molar-refractivity contribution in [1.29, 1.82) is 0 Å². The summed E-state index contributed by atoms with van der Waals surface area (Å²) >= 11 is 0. The second-order valence-corrected chi connectivity index (χ2v) is 4.71. The van der Waals surface area contributed by atoms with Gasteiger partial charge in [0.05, 0.1) is 9.85 Å². The maximum Gasteiger partial charge on any atom is 0.648 e. The van der Waals surface area contributed by atoms with Gasteiger partial charge < -0.3 is 18.7 Å². The molecule has 1 unspecified atom stereocenters. The Kier molecular flexibility index (Phi) is 1.66. The van der Waals surface area contributed by atoms with E-state index in [1.165, 1.54) is 0 Å². The molecule has 0 saturated heterocycles. The number of phosphoric acid groups is 1. The van der Waals surface area contributed by atoms with Crippen molar-refractivity contribution in [2.75, 3.05) is 0 Å². The summed E-state index contributed by atoms with van der Waals surface area (Å²) in [7, 11) is -4.08. The van der Waals surface area contributed by atoms with Crippen molar-refractivity contribution in [2.45, 2.75) is 0 Å². The molecule has 94 valence electrons. The lowest BCUT2D eigenvalue weighted by Gasteiger charge is -2.10. The van der Waals surface area contributed by atoms with E-state index < -0.39 is 52.0 Å². The van der Waals surface area contributed by atoms with Crippen LogP contribution in [-0.2, 0) is 4.57 Å². The van der Waals surface area contributed by atoms with Crippen LogP contribution in [0.15, 0.2) is 0 Å². The van der Waals surface area contributed by atoms with Gasteiger partial charge in [-0.15, -0.1) is 0 Å². The highest BCUT2D eigenvalue weighted by Gasteiger charge is 2.59. The summed E-state index contributed by atoms with van der Waals surface area (Å²) in [5.74, 6) is -2.84. The molecule has 0 radical (unpaired) electrons. The zero-order valence-electron chi connectivity index (χ0n) is 8.05. The van der Waals surface area contributed by atoms with Crippen molar-refractivity contribution in [3.05, 3.63) is 20.2 Å². The van der Waals surface area contributed by atoms with Gasteiger partial charge in [0.15, 0.2) is 0 Å². The lowest BCUT2D eigenvalue weighted by Crippen LogP contribution is -2.04. The number of phenolic OH excluding ortho intramolecular Hbond substituents is 1. The quantitative estimate of drug-likeness (QED) is 0.480. The van der Waals surface area contributed by atoms with Crippen LogP contribution in [0, 0.1) is 20.2 Å². The molecule has 1 aromatic carbocycles.